The van der Waals surface area contributed by atoms with Gasteiger partial charge in [0, 0.05) is 23.6 Å². The minimum atomic E-state index is -0.381. The average molecular weight is 283 g/mol. The maximum absolute atomic E-state index is 12.2. The SMILES string of the molecule is Cc1cc(C#CCO)ccc1NC(=O)C(C)n1cccn1. The number of hydrogen-bond donors (Lipinski definition) is 2. The predicted octanol–water partition coefficient (Wildman–Crippen LogP) is 1.74. The van der Waals surface area contributed by atoms with Crippen molar-refractivity contribution in [2.75, 3.05) is 11.9 Å². The van der Waals surface area contributed by atoms with E-state index in [0.717, 1.165) is 16.8 Å². The molecule has 1 heterocycles. The maximum Gasteiger partial charge on any atom is 0.248 e. The lowest BCUT2D eigenvalue weighted by Gasteiger charge is -2.14. The standard InChI is InChI=1S/C16H17N3O2/c1-12-11-14(5-3-10-20)6-7-15(12)18-16(21)13(2)19-9-4-8-17-19/h4,6-9,11,13,20H,10H2,1-2H3,(H,18,21). The van der Waals surface area contributed by atoms with Crippen LogP contribution in [0.5, 0.6) is 0 Å². The number of nitrogens with one attached hydrogen (secondary N) is 1. The summed E-state index contributed by atoms with van der Waals surface area (Å²) in [5, 5.41) is 15.6. The molecule has 1 aromatic heterocycles. The summed E-state index contributed by atoms with van der Waals surface area (Å²) in [6.45, 7) is 3.52. The van der Waals surface area contributed by atoms with Crippen molar-refractivity contribution >= 4 is 11.6 Å². The van der Waals surface area contributed by atoms with Crippen LogP contribution in [0, 0.1) is 18.8 Å². The van der Waals surface area contributed by atoms with Gasteiger partial charge in [0.25, 0.3) is 0 Å². The molecule has 21 heavy (non-hydrogen) atoms. The number of nitrogens with zero attached hydrogens (tertiary/aromatic N) is 2. The summed E-state index contributed by atoms with van der Waals surface area (Å²) in [5.74, 6) is 5.30. The molecule has 0 fully saturated rings. The van der Waals surface area contributed by atoms with Crippen molar-refractivity contribution < 1.29 is 9.90 Å². The van der Waals surface area contributed by atoms with Crippen LogP contribution in [0.15, 0.2) is 36.7 Å². The summed E-state index contributed by atoms with van der Waals surface area (Å²) < 4.78 is 1.60. The molecule has 2 N–H and O–H groups in total. The highest BCUT2D eigenvalue weighted by atomic mass is 16.2. The molecule has 108 valence electrons. The second-order valence-corrected chi connectivity index (χ2v) is 4.64. The number of anilines is 1. The molecule has 1 amide bonds. The Morgan fingerprint density at radius 3 is 2.95 bits per heavy atom. The third kappa shape index (κ3) is 3.71. The molecule has 2 aromatic rings. The Bertz CT molecular complexity index is 681. The lowest BCUT2D eigenvalue weighted by atomic mass is 10.1. The molecule has 5 heteroatoms. The molecule has 0 saturated heterocycles. The number of aliphatic hydroxyl groups excluding tert-OH is 1. The van der Waals surface area contributed by atoms with Gasteiger partial charge in [0.15, 0.2) is 0 Å². The highest BCUT2D eigenvalue weighted by molar-refractivity contribution is 5.94. The molecule has 0 bridgehead atoms. The fraction of sp³-hybridized carbons (Fsp3) is 0.250. The molecule has 5 nitrogen and oxygen atoms in total. The first-order valence-corrected chi connectivity index (χ1v) is 6.62. The fourth-order valence-electron chi connectivity index (χ4n) is 1.89. The summed E-state index contributed by atoms with van der Waals surface area (Å²) in [4.78, 5) is 12.2. The van der Waals surface area contributed by atoms with E-state index in [1.54, 1.807) is 30.1 Å². The molecular formula is C16H17N3O2. The zero-order valence-electron chi connectivity index (χ0n) is 12.0. The van der Waals surface area contributed by atoms with Gasteiger partial charge < -0.3 is 10.4 Å². The summed E-state index contributed by atoms with van der Waals surface area (Å²) >= 11 is 0. The molecule has 0 aliphatic rings. The van der Waals surface area contributed by atoms with Crippen molar-refractivity contribution in [3.8, 4) is 11.8 Å². The van der Waals surface area contributed by atoms with Gasteiger partial charge >= 0.3 is 0 Å². The topological polar surface area (TPSA) is 67.2 Å². The lowest BCUT2D eigenvalue weighted by Crippen LogP contribution is -2.24. The summed E-state index contributed by atoms with van der Waals surface area (Å²) in [7, 11) is 0. The monoisotopic (exact) mass is 283 g/mol. The Kier molecular flexibility index (Phi) is 4.75. The Balaban J connectivity index is 2.11. The van der Waals surface area contributed by atoms with Crippen molar-refractivity contribution in [2.45, 2.75) is 19.9 Å². The Morgan fingerprint density at radius 1 is 1.52 bits per heavy atom. The predicted molar refractivity (Wildman–Crippen MR) is 80.7 cm³/mol. The molecule has 1 unspecified atom stereocenters. The van der Waals surface area contributed by atoms with Crippen LogP contribution in [0.4, 0.5) is 5.69 Å². The first-order chi connectivity index (χ1) is 10.1. The Hall–Kier alpha value is -2.58. The van der Waals surface area contributed by atoms with Crippen LogP contribution in [-0.2, 0) is 4.79 Å². The number of aromatic nitrogens is 2. The van der Waals surface area contributed by atoms with Gasteiger partial charge in [-0.05, 0) is 43.7 Å². The second kappa shape index (κ2) is 6.73. The van der Waals surface area contributed by atoms with E-state index in [1.807, 2.05) is 25.1 Å². The van der Waals surface area contributed by atoms with Crippen molar-refractivity contribution in [1.82, 2.24) is 9.78 Å². The van der Waals surface area contributed by atoms with Gasteiger partial charge in [-0.15, -0.1) is 0 Å². The van der Waals surface area contributed by atoms with E-state index in [4.69, 9.17) is 5.11 Å². The molecule has 1 atom stereocenters. The van der Waals surface area contributed by atoms with Crippen molar-refractivity contribution in [3.63, 3.8) is 0 Å². The number of carbonyl (C=O) groups excluding carboxylic acids is 1. The van der Waals surface area contributed by atoms with Crippen LogP contribution >= 0.6 is 0 Å². The lowest BCUT2D eigenvalue weighted by molar-refractivity contribution is -0.119. The molecule has 1 aromatic carbocycles. The van der Waals surface area contributed by atoms with Gasteiger partial charge in [0.1, 0.15) is 12.6 Å². The van der Waals surface area contributed by atoms with Crippen LogP contribution in [0.1, 0.15) is 24.1 Å². The van der Waals surface area contributed by atoms with Gasteiger partial charge in [-0.2, -0.15) is 5.10 Å². The smallest absolute Gasteiger partial charge is 0.248 e. The van der Waals surface area contributed by atoms with Gasteiger partial charge in [-0.3, -0.25) is 9.48 Å². The largest absolute Gasteiger partial charge is 0.384 e. The highest BCUT2D eigenvalue weighted by Crippen LogP contribution is 2.18. The number of rotatable bonds is 3. The van der Waals surface area contributed by atoms with Crippen molar-refractivity contribution in [1.29, 1.82) is 0 Å². The number of amides is 1. The van der Waals surface area contributed by atoms with Crippen LogP contribution in [-0.4, -0.2) is 27.4 Å². The maximum atomic E-state index is 12.2. The van der Waals surface area contributed by atoms with E-state index in [1.165, 1.54) is 0 Å². The van der Waals surface area contributed by atoms with E-state index in [-0.39, 0.29) is 18.6 Å². The van der Waals surface area contributed by atoms with E-state index < -0.39 is 0 Å². The van der Waals surface area contributed by atoms with Crippen LogP contribution in [0.25, 0.3) is 0 Å². The van der Waals surface area contributed by atoms with Crippen LogP contribution < -0.4 is 5.32 Å². The van der Waals surface area contributed by atoms with Gasteiger partial charge in [-0.25, -0.2) is 0 Å². The van der Waals surface area contributed by atoms with E-state index in [2.05, 4.69) is 22.3 Å². The fourth-order valence-corrected chi connectivity index (χ4v) is 1.89. The first-order valence-electron chi connectivity index (χ1n) is 6.62. The molecule has 2 rings (SSSR count). The Morgan fingerprint density at radius 2 is 2.33 bits per heavy atom. The number of hydrogen-bond acceptors (Lipinski definition) is 3. The van der Waals surface area contributed by atoms with Gasteiger partial charge in [0.2, 0.25) is 5.91 Å². The molecule has 0 radical (unpaired) electrons. The average Bonchev–Trinajstić information content (AvgIpc) is 3.01. The highest BCUT2D eigenvalue weighted by Gasteiger charge is 2.15. The van der Waals surface area contributed by atoms with Crippen LogP contribution in [0.3, 0.4) is 0 Å². The molecule has 0 spiro atoms. The first kappa shape index (κ1) is 14.8. The van der Waals surface area contributed by atoms with Crippen LogP contribution in [0.2, 0.25) is 0 Å². The molecule has 0 aliphatic heterocycles. The summed E-state index contributed by atoms with van der Waals surface area (Å²) in [6.07, 6.45) is 3.40. The molecule has 0 saturated carbocycles. The number of aliphatic hydroxyl groups is 1. The summed E-state index contributed by atoms with van der Waals surface area (Å²) in [6, 6.07) is 6.89. The molecular weight excluding hydrogens is 266 g/mol. The number of carbonyl (C=O) groups is 1. The third-order valence-electron chi connectivity index (χ3n) is 3.10. The van der Waals surface area contributed by atoms with Crippen molar-refractivity contribution in [2.24, 2.45) is 0 Å². The van der Waals surface area contributed by atoms with E-state index in [0.29, 0.717) is 0 Å². The van der Waals surface area contributed by atoms with E-state index in [9.17, 15) is 4.79 Å². The van der Waals surface area contributed by atoms with Gasteiger partial charge in [0.05, 0.1) is 0 Å². The number of aryl methyl sites for hydroxylation is 1. The van der Waals surface area contributed by atoms with Gasteiger partial charge in [-0.1, -0.05) is 11.8 Å². The number of benzene rings is 1. The second-order valence-electron chi connectivity index (χ2n) is 4.64. The quantitative estimate of drug-likeness (QED) is 0.843. The minimum absolute atomic E-state index is 0.129. The summed E-state index contributed by atoms with van der Waals surface area (Å²) in [5.41, 5.74) is 2.47. The normalized spacial score (nSPS) is 11.4. The third-order valence-corrected chi connectivity index (χ3v) is 3.10. The zero-order chi connectivity index (χ0) is 15.2. The Labute approximate surface area is 123 Å². The van der Waals surface area contributed by atoms with E-state index >= 15 is 0 Å². The minimum Gasteiger partial charge on any atom is -0.384 e. The zero-order valence-corrected chi connectivity index (χ0v) is 12.0. The molecule has 0 aliphatic carbocycles. The van der Waals surface area contributed by atoms with Crippen molar-refractivity contribution in [3.05, 3.63) is 47.8 Å².